The molecule has 1 atom stereocenters. The fourth-order valence-corrected chi connectivity index (χ4v) is 4.21. The molecule has 0 N–H and O–H groups in total. The maximum absolute atomic E-state index is 12.9. The summed E-state index contributed by atoms with van der Waals surface area (Å²) in [5.41, 5.74) is -0.535. The van der Waals surface area contributed by atoms with Crippen molar-refractivity contribution in [2.24, 2.45) is 5.92 Å². The molecule has 0 bridgehead atoms. The molecule has 3 aliphatic rings. The minimum Gasteiger partial charge on any atom is -0.497 e. The van der Waals surface area contributed by atoms with Crippen LogP contribution in [0.5, 0.6) is 11.5 Å². The predicted molar refractivity (Wildman–Crippen MR) is 89.4 cm³/mol. The Labute approximate surface area is 147 Å². The lowest BCUT2D eigenvalue weighted by Gasteiger charge is -2.42. The molecule has 6 heteroatoms. The molecule has 2 aliphatic heterocycles. The van der Waals surface area contributed by atoms with E-state index in [1.54, 1.807) is 12.0 Å². The van der Waals surface area contributed by atoms with E-state index in [0.717, 1.165) is 37.2 Å². The fraction of sp³-hybridized carbons (Fsp3) is 0.579. The Bertz CT molecular complexity index is 676. The molecular weight excluding hydrogens is 322 g/mol. The Balaban J connectivity index is 1.35. The summed E-state index contributed by atoms with van der Waals surface area (Å²) in [5, 5.41) is 0. The van der Waals surface area contributed by atoms with Crippen LogP contribution in [-0.2, 0) is 14.3 Å². The Morgan fingerprint density at radius 3 is 2.68 bits per heavy atom. The monoisotopic (exact) mass is 345 g/mol. The third-order valence-electron chi connectivity index (χ3n) is 5.57. The molecular formula is C19H23NO5. The predicted octanol–water partition coefficient (Wildman–Crippen LogP) is 2.16. The summed E-state index contributed by atoms with van der Waals surface area (Å²) in [4.78, 5) is 26.4. The number of hydrogen-bond donors (Lipinski definition) is 0. The minimum absolute atomic E-state index is 0.0198. The van der Waals surface area contributed by atoms with Crippen LogP contribution < -0.4 is 9.47 Å². The van der Waals surface area contributed by atoms with Crippen molar-refractivity contribution >= 4 is 11.9 Å². The maximum Gasteiger partial charge on any atom is 0.307 e. The summed E-state index contributed by atoms with van der Waals surface area (Å²) >= 11 is 0. The molecule has 1 amide bonds. The molecule has 6 nitrogen and oxygen atoms in total. The molecule has 2 heterocycles. The van der Waals surface area contributed by atoms with Crippen molar-refractivity contribution in [2.45, 2.75) is 43.8 Å². The van der Waals surface area contributed by atoms with Crippen molar-refractivity contribution in [3.05, 3.63) is 24.3 Å². The molecule has 134 valence electrons. The van der Waals surface area contributed by atoms with Gasteiger partial charge in [0.1, 0.15) is 23.2 Å². The molecule has 3 fully saturated rings. The molecule has 1 aromatic carbocycles. The Morgan fingerprint density at radius 1 is 1.24 bits per heavy atom. The number of esters is 1. The molecule has 4 rings (SSSR count). The van der Waals surface area contributed by atoms with E-state index < -0.39 is 5.60 Å². The average molecular weight is 345 g/mol. The van der Waals surface area contributed by atoms with Crippen LogP contribution in [0.25, 0.3) is 0 Å². The Morgan fingerprint density at radius 2 is 1.96 bits per heavy atom. The molecule has 1 aromatic rings. The number of nitrogens with zero attached hydrogens (tertiary/aromatic N) is 1. The first-order chi connectivity index (χ1) is 12.1. The lowest BCUT2D eigenvalue weighted by atomic mass is 9.84. The van der Waals surface area contributed by atoms with Gasteiger partial charge in [-0.25, -0.2) is 0 Å². The van der Waals surface area contributed by atoms with E-state index in [-0.39, 0.29) is 30.3 Å². The van der Waals surface area contributed by atoms with Crippen molar-refractivity contribution in [3.8, 4) is 11.5 Å². The van der Waals surface area contributed by atoms with E-state index in [1.165, 1.54) is 0 Å². The summed E-state index contributed by atoms with van der Waals surface area (Å²) in [6.07, 6.45) is 3.88. The maximum atomic E-state index is 12.9. The molecule has 2 saturated heterocycles. The average Bonchev–Trinajstić information content (AvgIpc) is 3.17. The normalized spacial score (nSPS) is 24.9. The first-order valence-corrected chi connectivity index (χ1v) is 8.91. The topological polar surface area (TPSA) is 65.1 Å². The van der Waals surface area contributed by atoms with Crippen LogP contribution in [0.4, 0.5) is 0 Å². The van der Waals surface area contributed by atoms with Gasteiger partial charge in [-0.1, -0.05) is 6.07 Å². The second-order valence-electron chi connectivity index (χ2n) is 7.16. The van der Waals surface area contributed by atoms with E-state index in [1.807, 2.05) is 24.3 Å². The molecule has 0 radical (unpaired) electrons. The second-order valence-corrected chi connectivity index (χ2v) is 7.16. The lowest BCUT2D eigenvalue weighted by molar-refractivity contribution is -0.155. The number of amides is 1. The first-order valence-electron chi connectivity index (χ1n) is 8.91. The number of carbonyl (C=O) groups is 2. The van der Waals surface area contributed by atoms with Crippen LogP contribution >= 0.6 is 0 Å². The van der Waals surface area contributed by atoms with Crippen molar-refractivity contribution < 1.29 is 23.8 Å². The van der Waals surface area contributed by atoms with Crippen LogP contribution in [0.1, 0.15) is 32.1 Å². The van der Waals surface area contributed by atoms with Crippen LogP contribution in [0.2, 0.25) is 0 Å². The van der Waals surface area contributed by atoms with Gasteiger partial charge in [0.05, 0.1) is 32.5 Å². The largest absolute Gasteiger partial charge is 0.497 e. The van der Waals surface area contributed by atoms with E-state index >= 15 is 0 Å². The van der Waals surface area contributed by atoms with E-state index in [4.69, 9.17) is 14.2 Å². The number of benzene rings is 1. The zero-order valence-electron chi connectivity index (χ0n) is 14.4. The smallest absolute Gasteiger partial charge is 0.307 e. The fourth-order valence-electron chi connectivity index (χ4n) is 4.21. The highest BCUT2D eigenvalue weighted by Crippen LogP contribution is 2.46. The second kappa shape index (κ2) is 6.24. The number of carbonyl (C=O) groups excluding carboxylic acids is 2. The van der Waals surface area contributed by atoms with Gasteiger partial charge >= 0.3 is 5.97 Å². The molecule has 1 saturated carbocycles. The molecule has 0 aromatic heterocycles. The molecule has 1 unspecified atom stereocenters. The van der Waals surface area contributed by atoms with E-state index in [0.29, 0.717) is 13.1 Å². The van der Waals surface area contributed by atoms with Gasteiger partial charge < -0.3 is 19.1 Å². The number of ether oxygens (including phenoxy) is 3. The SMILES string of the molecule is COc1cccc(OC2CN(C(=O)C3CC(=O)OC34CCCC4)C2)c1. The van der Waals surface area contributed by atoms with Crippen molar-refractivity contribution in [3.63, 3.8) is 0 Å². The number of hydrogen-bond acceptors (Lipinski definition) is 5. The van der Waals surface area contributed by atoms with Crippen LogP contribution in [0.3, 0.4) is 0 Å². The minimum atomic E-state index is -0.535. The Hall–Kier alpha value is -2.24. The first kappa shape index (κ1) is 16.2. The molecule has 1 spiro atoms. The quantitative estimate of drug-likeness (QED) is 0.783. The highest BCUT2D eigenvalue weighted by Gasteiger charge is 2.55. The molecule has 25 heavy (non-hydrogen) atoms. The van der Waals surface area contributed by atoms with Gasteiger partial charge in [-0.05, 0) is 37.8 Å². The van der Waals surface area contributed by atoms with Gasteiger partial charge in [-0.2, -0.15) is 0 Å². The third kappa shape index (κ3) is 2.94. The summed E-state index contributed by atoms with van der Waals surface area (Å²) in [5.74, 6) is 0.973. The standard InChI is InChI=1S/C19H23NO5/c1-23-13-5-4-6-14(9-13)24-15-11-20(12-15)18(22)16-10-17(21)25-19(16)7-2-3-8-19/h4-6,9,15-16H,2-3,7-8,10-12H2,1H3. The van der Waals surface area contributed by atoms with Gasteiger partial charge in [-0.3, -0.25) is 9.59 Å². The number of rotatable bonds is 4. The van der Waals surface area contributed by atoms with Gasteiger partial charge in [0.2, 0.25) is 5.91 Å². The van der Waals surface area contributed by atoms with Crippen molar-refractivity contribution in [1.29, 1.82) is 0 Å². The molecule has 1 aliphatic carbocycles. The van der Waals surface area contributed by atoms with Crippen LogP contribution in [0.15, 0.2) is 24.3 Å². The summed E-state index contributed by atoms with van der Waals surface area (Å²) < 4.78 is 16.7. The van der Waals surface area contributed by atoms with Crippen molar-refractivity contribution in [1.82, 2.24) is 4.90 Å². The van der Waals surface area contributed by atoms with Crippen molar-refractivity contribution in [2.75, 3.05) is 20.2 Å². The van der Waals surface area contributed by atoms with E-state index in [9.17, 15) is 9.59 Å². The highest BCUT2D eigenvalue weighted by atomic mass is 16.6. The van der Waals surface area contributed by atoms with Gasteiger partial charge in [0.25, 0.3) is 0 Å². The Kier molecular flexibility index (Phi) is 4.06. The zero-order valence-corrected chi connectivity index (χ0v) is 14.4. The number of likely N-dealkylation sites (tertiary alicyclic amines) is 1. The van der Waals surface area contributed by atoms with E-state index in [2.05, 4.69) is 0 Å². The van der Waals surface area contributed by atoms with Crippen LogP contribution in [0, 0.1) is 5.92 Å². The van der Waals surface area contributed by atoms with Gasteiger partial charge in [0.15, 0.2) is 0 Å². The third-order valence-corrected chi connectivity index (χ3v) is 5.57. The summed E-state index contributed by atoms with van der Waals surface area (Å²) in [6, 6.07) is 7.45. The zero-order chi connectivity index (χ0) is 17.4. The lowest BCUT2D eigenvalue weighted by Crippen LogP contribution is -2.59. The summed E-state index contributed by atoms with van der Waals surface area (Å²) in [7, 11) is 1.62. The van der Waals surface area contributed by atoms with Crippen LogP contribution in [-0.4, -0.2) is 48.7 Å². The highest BCUT2D eigenvalue weighted by molar-refractivity contribution is 5.88. The summed E-state index contributed by atoms with van der Waals surface area (Å²) in [6.45, 7) is 1.10. The van der Waals surface area contributed by atoms with Gasteiger partial charge in [-0.15, -0.1) is 0 Å². The van der Waals surface area contributed by atoms with Gasteiger partial charge in [0, 0.05) is 6.07 Å². The number of methoxy groups -OCH3 is 1.